The van der Waals surface area contributed by atoms with Crippen LogP contribution < -0.4 is 15.1 Å². The fourth-order valence-electron chi connectivity index (χ4n) is 3.48. The van der Waals surface area contributed by atoms with Crippen LogP contribution >= 0.6 is 11.3 Å². The van der Waals surface area contributed by atoms with Gasteiger partial charge in [0.1, 0.15) is 0 Å². The Hall–Kier alpha value is -2.75. The SMILES string of the molecule is [2H]C([2H])([2H])n1c(=O)sc2cc(-c3cncc4c3N(C)[C@@H](O)C4(O)NC(=O)CC)ccc21. The lowest BCUT2D eigenvalue weighted by Crippen LogP contribution is -2.55. The average Bonchev–Trinajstić information content (AvgIpc) is 3.14. The number of nitrogens with one attached hydrogen (secondary N) is 1. The Kier molecular flexibility index (Phi) is 3.48. The molecule has 8 nitrogen and oxygen atoms in total. The molecule has 0 bridgehead atoms. The van der Waals surface area contributed by atoms with Crippen molar-refractivity contribution in [1.82, 2.24) is 14.9 Å². The van der Waals surface area contributed by atoms with Gasteiger partial charge in [0.15, 0.2) is 6.23 Å². The zero-order valence-electron chi connectivity index (χ0n) is 18.1. The second-order valence-corrected chi connectivity index (χ2v) is 7.61. The van der Waals surface area contributed by atoms with Gasteiger partial charge in [-0.3, -0.25) is 14.6 Å². The van der Waals surface area contributed by atoms with Crippen molar-refractivity contribution in [1.29, 1.82) is 0 Å². The molecule has 2 atom stereocenters. The molecule has 1 aliphatic heterocycles. The molecule has 9 heteroatoms. The predicted octanol–water partition coefficient (Wildman–Crippen LogP) is 1.10. The van der Waals surface area contributed by atoms with Gasteiger partial charge in [0.05, 0.1) is 21.5 Å². The van der Waals surface area contributed by atoms with Crippen molar-refractivity contribution >= 4 is 33.1 Å². The number of benzene rings is 1. The van der Waals surface area contributed by atoms with E-state index in [0.717, 1.165) is 15.9 Å². The molecule has 146 valence electrons. The van der Waals surface area contributed by atoms with Gasteiger partial charge in [-0.25, -0.2) is 0 Å². The molecule has 1 amide bonds. The molecule has 1 aliphatic rings. The van der Waals surface area contributed by atoms with Gasteiger partial charge in [0, 0.05) is 42.5 Å². The van der Waals surface area contributed by atoms with Gasteiger partial charge in [0.25, 0.3) is 0 Å². The molecule has 0 saturated carbocycles. The normalized spacial score (nSPS) is 23.2. The third-order valence-electron chi connectivity index (χ3n) is 4.96. The first kappa shape index (κ1) is 15.2. The average molecular weight is 403 g/mol. The van der Waals surface area contributed by atoms with Crippen LogP contribution in [0.15, 0.2) is 35.4 Å². The first-order valence-corrected chi connectivity index (χ1v) is 9.40. The van der Waals surface area contributed by atoms with Crippen LogP contribution in [0.4, 0.5) is 5.69 Å². The standard InChI is InChI=1S/C19H20N4O4S/c1-4-15(24)21-19(27)12-9-20-8-11(16(12)23(3)17(19)25)10-5-6-13-14(7-10)28-18(26)22(13)2/h5-9,17,25,27H,4H2,1-3H3,(H,21,24)/t17-,19?/m0/s1/i2D3. The topological polar surface area (TPSA) is 108 Å². The quantitative estimate of drug-likeness (QED) is 0.566. The summed E-state index contributed by atoms with van der Waals surface area (Å²) >= 11 is 0.818. The first-order valence-electron chi connectivity index (χ1n) is 10.1. The zero-order valence-corrected chi connectivity index (χ0v) is 15.9. The highest BCUT2D eigenvalue weighted by molar-refractivity contribution is 7.16. The number of nitrogens with zero attached hydrogens (tertiary/aromatic N) is 3. The van der Waals surface area contributed by atoms with Crippen LogP contribution in [0, 0.1) is 0 Å². The molecule has 0 saturated heterocycles. The van der Waals surface area contributed by atoms with Crippen molar-refractivity contribution in [3.8, 4) is 11.1 Å². The van der Waals surface area contributed by atoms with E-state index in [-0.39, 0.29) is 12.0 Å². The summed E-state index contributed by atoms with van der Waals surface area (Å²) in [5.41, 5.74) is 0.0994. The smallest absolute Gasteiger partial charge is 0.307 e. The number of fused-ring (bicyclic) bond motifs is 2. The summed E-state index contributed by atoms with van der Waals surface area (Å²) in [6.45, 7) is -0.962. The lowest BCUT2D eigenvalue weighted by atomic mass is 9.99. The number of rotatable bonds is 3. The second kappa shape index (κ2) is 6.40. The van der Waals surface area contributed by atoms with E-state index in [9.17, 15) is 19.8 Å². The summed E-state index contributed by atoms with van der Waals surface area (Å²) in [5, 5.41) is 24.2. The molecule has 3 aromatic rings. The molecule has 0 spiro atoms. The number of pyridine rings is 1. The van der Waals surface area contributed by atoms with E-state index in [1.165, 1.54) is 11.1 Å². The Morgan fingerprint density at radius 1 is 1.46 bits per heavy atom. The number of aliphatic hydroxyl groups is 2. The maximum Gasteiger partial charge on any atom is 0.307 e. The summed E-state index contributed by atoms with van der Waals surface area (Å²) in [6, 6.07) is 4.87. The monoisotopic (exact) mass is 403 g/mol. The van der Waals surface area contributed by atoms with Gasteiger partial charge in [-0.1, -0.05) is 24.3 Å². The van der Waals surface area contributed by atoms with E-state index in [4.69, 9.17) is 4.11 Å². The fourth-order valence-corrected chi connectivity index (χ4v) is 4.31. The van der Waals surface area contributed by atoms with E-state index < -0.39 is 29.7 Å². The molecule has 1 aromatic carbocycles. The van der Waals surface area contributed by atoms with E-state index in [1.54, 1.807) is 38.4 Å². The van der Waals surface area contributed by atoms with Crippen molar-refractivity contribution in [2.75, 3.05) is 11.9 Å². The Morgan fingerprint density at radius 2 is 2.25 bits per heavy atom. The minimum absolute atomic E-state index is 0.122. The Morgan fingerprint density at radius 3 is 2.96 bits per heavy atom. The number of aryl methyl sites for hydroxylation is 1. The van der Waals surface area contributed by atoms with Gasteiger partial charge >= 0.3 is 4.87 Å². The molecule has 3 N–H and O–H groups in total. The van der Waals surface area contributed by atoms with Crippen LogP contribution in [-0.2, 0) is 17.5 Å². The van der Waals surface area contributed by atoms with Crippen molar-refractivity contribution in [3.05, 3.63) is 45.8 Å². The molecule has 0 fully saturated rings. The lowest BCUT2D eigenvalue weighted by Gasteiger charge is -2.30. The van der Waals surface area contributed by atoms with E-state index in [2.05, 4.69) is 10.3 Å². The third-order valence-corrected chi connectivity index (χ3v) is 5.87. The van der Waals surface area contributed by atoms with Crippen molar-refractivity contribution in [2.24, 2.45) is 6.98 Å². The maximum absolute atomic E-state index is 12.2. The number of carbonyl (C=O) groups excluding carboxylic acids is 1. The maximum atomic E-state index is 12.2. The van der Waals surface area contributed by atoms with E-state index in [0.29, 0.717) is 27.0 Å². The summed E-state index contributed by atoms with van der Waals surface area (Å²) in [5.74, 6) is -0.439. The number of aromatic nitrogens is 2. The summed E-state index contributed by atoms with van der Waals surface area (Å²) in [4.78, 5) is 29.2. The van der Waals surface area contributed by atoms with Gasteiger partial charge < -0.3 is 25.0 Å². The Balaban J connectivity index is 1.88. The molecular formula is C19H20N4O4S. The summed E-state index contributed by atoms with van der Waals surface area (Å²) in [7, 11) is 1.57. The number of aliphatic hydroxyl groups excluding tert-OH is 1. The molecule has 4 rings (SSSR count). The summed E-state index contributed by atoms with van der Waals surface area (Å²) < 4.78 is 24.0. The van der Waals surface area contributed by atoms with E-state index >= 15 is 0 Å². The first-order chi connectivity index (χ1) is 14.5. The molecule has 0 radical (unpaired) electrons. The second-order valence-electron chi connectivity index (χ2n) is 6.62. The Bertz CT molecular complexity index is 1260. The van der Waals surface area contributed by atoms with Crippen molar-refractivity contribution < 1.29 is 19.1 Å². The number of hydrogen-bond donors (Lipinski definition) is 3. The highest BCUT2D eigenvalue weighted by Gasteiger charge is 2.50. The van der Waals surface area contributed by atoms with Crippen LogP contribution in [0.3, 0.4) is 0 Å². The van der Waals surface area contributed by atoms with Crippen LogP contribution in [0.2, 0.25) is 0 Å². The molecule has 3 heterocycles. The molecule has 2 aromatic heterocycles. The molecule has 28 heavy (non-hydrogen) atoms. The minimum Gasteiger partial charge on any atom is -0.369 e. The molecule has 1 unspecified atom stereocenters. The molecule has 0 aliphatic carbocycles. The third kappa shape index (κ3) is 2.55. The number of carbonyl (C=O) groups is 1. The number of likely N-dealkylation sites (N-methyl/N-ethyl adjacent to an activating group) is 1. The number of anilines is 1. The summed E-state index contributed by atoms with van der Waals surface area (Å²) in [6.07, 6.45) is 1.60. The van der Waals surface area contributed by atoms with Crippen molar-refractivity contribution in [2.45, 2.75) is 25.3 Å². The highest BCUT2D eigenvalue weighted by atomic mass is 32.1. The van der Waals surface area contributed by atoms with Gasteiger partial charge in [-0.2, -0.15) is 0 Å². The predicted molar refractivity (Wildman–Crippen MR) is 107 cm³/mol. The van der Waals surface area contributed by atoms with Gasteiger partial charge in [0.2, 0.25) is 11.6 Å². The number of hydrogen-bond acceptors (Lipinski definition) is 7. The van der Waals surface area contributed by atoms with E-state index in [1.807, 2.05) is 0 Å². The van der Waals surface area contributed by atoms with Crippen molar-refractivity contribution in [3.63, 3.8) is 0 Å². The zero-order chi connectivity index (χ0) is 22.7. The fraction of sp³-hybridized carbons (Fsp3) is 0.316. The van der Waals surface area contributed by atoms with Crippen LogP contribution in [-0.4, -0.2) is 38.9 Å². The van der Waals surface area contributed by atoms with Crippen LogP contribution in [0.5, 0.6) is 0 Å². The molecular weight excluding hydrogens is 380 g/mol. The highest BCUT2D eigenvalue weighted by Crippen LogP contribution is 2.45. The largest absolute Gasteiger partial charge is 0.369 e. The van der Waals surface area contributed by atoms with Crippen LogP contribution in [0.1, 0.15) is 23.0 Å². The van der Waals surface area contributed by atoms with Gasteiger partial charge in [-0.05, 0) is 17.7 Å². The lowest BCUT2D eigenvalue weighted by molar-refractivity contribution is -0.139. The Labute approximate surface area is 168 Å². The van der Waals surface area contributed by atoms with Crippen LogP contribution in [0.25, 0.3) is 21.3 Å². The minimum atomic E-state index is -2.59. The number of thiazole rings is 1. The number of amides is 1. The van der Waals surface area contributed by atoms with Gasteiger partial charge in [-0.15, -0.1) is 0 Å².